The molecule has 1 amide bonds. The van der Waals surface area contributed by atoms with E-state index < -0.39 is 0 Å². The van der Waals surface area contributed by atoms with Crippen molar-refractivity contribution in [2.24, 2.45) is 0 Å². The first-order chi connectivity index (χ1) is 10.1. The summed E-state index contributed by atoms with van der Waals surface area (Å²) in [5.74, 6) is -0.249. The normalized spacial score (nSPS) is 9.76. The van der Waals surface area contributed by atoms with Gasteiger partial charge in [0.1, 0.15) is 0 Å². The maximum Gasteiger partial charge on any atom is 0.243 e. The number of hydrogen-bond acceptors (Lipinski definition) is 3. The molecule has 6 heteroatoms. The van der Waals surface area contributed by atoms with E-state index in [-0.39, 0.29) is 12.5 Å². The third kappa shape index (κ3) is 4.38. The van der Waals surface area contributed by atoms with Crippen molar-refractivity contribution in [2.45, 2.75) is 0 Å². The number of rotatable bonds is 4. The minimum Gasteiger partial charge on any atom is -0.376 e. The molecule has 2 rings (SSSR count). The topological polar surface area (TPSA) is 64.9 Å². The average Bonchev–Trinajstić information content (AvgIpc) is 2.48. The summed E-state index contributed by atoms with van der Waals surface area (Å²) in [6, 6.07) is 13.8. The van der Waals surface area contributed by atoms with E-state index in [2.05, 4.69) is 10.6 Å². The van der Waals surface area contributed by atoms with Crippen LogP contribution in [0, 0.1) is 11.3 Å². The number of carbonyl (C=O) groups excluding carboxylic acids is 1. The first-order valence-electron chi connectivity index (χ1n) is 6.07. The quantitative estimate of drug-likeness (QED) is 0.897. The zero-order valence-electron chi connectivity index (χ0n) is 10.9. The summed E-state index contributed by atoms with van der Waals surface area (Å²) < 4.78 is 0. The van der Waals surface area contributed by atoms with Crippen molar-refractivity contribution in [2.75, 3.05) is 17.2 Å². The van der Waals surface area contributed by atoms with Crippen LogP contribution in [0.3, 0.4) is 0 Å². The van der Waals surface area contributed by atoms with Gasteiger partial charge >= 0.3 is 0 Å². The van der Waals surface area contributed by atoms with E-state index in [1.807, 2.05) is 6.07 Å². The molecule has 106 valence electrons. The Kier molecular flexibility index (Phi) is 5.04. The van der Waals surface area contributed by atoms with Gasteiger partial charge in [0, 0.05) is 10.7 Å². The minimum atomic E-state index is -0.249. The number of hydrogen-bond donors (Lipinski definition) is 2. The molecule has 0 atom stereocenters. The number of nitriles is 1. The zero-order chi connectivity index (χ0) is 15.2. The molecule has 0 bridgehead atoms. The van der Waals surface area contributed by atoms with Crippen LogP contribution in [0.1, 0.15) is 5.56 Å². The second kappa shape index (κ2) is 6.98. The van der Waals surface area contributed by atoms with Crippen LogP contribution in [-0.2, 0) is 4.79 Å². The number of benzene rings is 2. The zero-order valence-corrected chi connectivity index (χ0v) is 12.4. The van der Waals surface area contributed by atoms with E-state index in [4.69, 9.17) is 28.5 Å². The summed E-state index contributed by atoms with van der Waals surface area (Å²) in [6.45, 7) is 0.0633. The molecule has 21 heavy (non-hydrogen) atoms. The molecule has 0 aromatic heterocycles. The minimum absolute atomic E-state index is 0.0633. The van der Waals surface area contributed by atoms with Crippen LogP contribution in [0.4, 0.5) is 11.4 Å². The first kappa shape index (κ1) is 15.2. The van der Waals surface area contributed by atoms with Gasteiger partial charge in [-0.1, -0.05) is 29.3 Å². The predicted molar refractivity (Wildman–Crippen MR) is 84.7 cm³/mol. The van der Waals surface area contributed by atoms with Gasteiger partial charge in [0.25, 0.3) is 0 Å². The fourth-order valence-electron chi connectivity index (χ4n) is 1.67. The van der Waals surface area contributed by atoms with Crippen LogP contribution in [0.2, 0.25) is 10.0 Å². The summed E-state index contributed by atoms with van der Waals surface area (Å²) in [6.07, 6.45) is 0. The number of nitrogens with one attached hydrogen (secondary N) is 2. The number of anilines is 2. The highest BCUT2D eigenvalue weighted by atomic mass is 35.5. The lowest BCUT2D eigenvalue weighted by Gasteiger charge is -2.09. The van der Waals surface area contributed by atoms with Gasteiger partial charge < -0.3 is 10.6 Å². The van der Waals surface area contributed by atoms with Crippen molar-refractivity contribution >= 4 is 40.5 Å². The summed E-state index contributed by atoms with van der Waals surface area (Å²) in [5, 5.41) is 15.3. The molecule has 0 radical (unpaired) electrons. The van der Waals surface area contributed by atoms with Crippen molar-refractivity contribution in [3.63, 3.8) is 0 Å². The van der Waals surface area contributed by atoms with E-state index in [9.17, 15) is 4.79 Å². The summed E-state index contributed by atoms with van der Waals surface area (Å²) >= 11 is 11.8. The first-order valence-corrected chi connectivity index (χ1v) is 6.83. The van der Waals surface area contributed by atoms with E-state index in [0.717, 1.165) is 0 Å². The number of nitrogens with zero attached hydrogens (tertiary/aromatic N) is 1. The second-order valence-corrected chi connectivity index (χ2v) is 5.06. The van der Waals surface area contributed by atoms with Gasteiger partial charge in [0.15, 0.2) is 0 Å². The SMILES string of the molecule is N#Cc1cccc(NCC(=O)Nc2ccc(Cl)cc2Cl)c1. The Balaban J connectivity index is 1.94. The standard InChI is InChI=1S/C15H11Cl2N3O/c16-11-4-5-14(13(17)7-11)20-15(21)9-19-12-3-1-2-10(6-12)8-18/h1-7,19H,9H2,(H,20,21). The fraction of sp³-hybridized carbons (Fsp3) is 0.0667. The van der Waals surface area contributed by atoms with Gasteiger partial charge in [-0.15, -0.1) is 0 Å². The van der Waals surface area contributed by atoms with Gasteiger partial charge in [0.05, 0.1) is 28.9 Å². The molecule has 0 aliphatic heterocycles. The molecule has 0 aliphatic carbocycles. The molecular weight excluding hydrogens is 309 g/mol. The van der Waals surface area contributed by atoms with Crippen LogP contribution in [0.25, 0.3) is 0 Å². The Morgan fingerprint density at radius 3 is 2.71 bits per heavy atom. The van der Waals surface area contributed by atoms with Crippen LogP contribution < -0.4 is 10.6 Å². The Morgan fingerprint density at radius 2 is 2.00 bits per heavy atom. The lowest BCUT2D eigenvalue weighted by atomic mass is 10.2. The van der Waals surface area contributed by atoms with Crippen molar-refractivity contribution < 1.29 is 4.79 Å². The van der Waals surface area contributed by atoms with E-state index in [1.54, 1.807) is 42.5 Å². The fourth-order valence-corrected chi connectivity index (χ4v) is 2.12. The molecule has 0 heterocycles. The molecule has 0 unspecified atom stereocenters. The van der Waals surface area contributed by atoms with Gasteiger partial charge in [-0.05, 0) is 36.4 Å². The van der Waals surface area contributed by atoms with Crippen LogP contribution >= 0.6 is 23.2 Å². The third-order valence-corrected chi connectivity index (χ3v) is 3.20. The van der Waals surface area contributed by atoms with Crippen molar-refractivity contribution in [1.29, 1.82) is 5.26 Å². The summed E-state index contributed by atoms with van der Waals surface area (Å²) in [7, 11) is 0. The number of carbonyl (C=O) groups is 1. The highest BCUT2D eigenvalue weighted by molar-refractivity contribution is 6.36. The number of amides is 1. The van der Waals surface area contributed by atoms with Gasteiger partial charge in [0.2, 0.25) is 5.91 Å². The maximum absolute atomic E-state index is 11.8. The Bertz CT molecular complexity index is 710. The van der Waals surface area contributed by atoms with Crippen LogP contribution in [-0.4, -0.2) is 12.5 Å². The molecule has 0 fully saturated rings. The molecule has 2 N–H and O–H groups in total. The van der Waals surface area contributed by atoms with Gasteiger partial charge in [-0.2, -0.15) is 5.26 Å². The van der Waals surface area contributed by atoms with E-state index in [0.29, 0.717) is 27.0 Å². The molecule has 2 aromatic carbocycles. The predicted octanol–water partition coefficient (Wildman–Crippen LogP) is 3.92. The highest BCUT2D eigenvalue weighted by Crippen LogP contribution is 2.25. The molecule has 4 nitrogen and oxygen atoms in total. The maximum atomic E-state index is 11.8. The van der Waals surface area contributed by atoms with Crippen molar-refractivity contribution in [1.82, 2.24) is 0 Å². The van der Waals surface area contributed by atoms with Crippen LogP contribution in [0.15, 0.2) is 42.5 Å². The van der Waals surface area contributed by atoms with E-state index >= 15 is 0 Å². The Morgan fingerprint density at radius 1 is 1.19 bits per heavy atom. The average molecular weight is 320 g/mol. The second-order valence-electron chi connectivity index (χ2n) is 4.22. The van der Waals surface area contributed by atoms with E-state index in [1.165, 1.54) is 0 Å². The Labute approximate surface area is 132 Å². The molecule has 0 aliphatic rings. The van der Waals surface area contributed by atoms with Crippen LogP contribution in [0.5, 0.6) is 0 Å². The van der Waals surface area contributed by atoms with Crippen molar-refractivity contribution in [3.8, 4) is 6.07 Å². The lowest BCUT2D eigenvalue weighted by molar-refractivity contribution is -0.114. The molecule has 0 spiro atoms. The van der Waals surface area contributed by atoms with Gasteiger partial charge in [-0.3, -0.25) is 4.79 Å². The molecule has 0 saturated carbocycles. The highest BCUT2D eigenvalue weighted by Gasteiger charge is 2.06. The Hall–Kier alpha value is -2.22. The largest absolute Gasteiger partial charge is 0.376 e. The third-order valence-electron chi connectivity index (χ3n) is 2.65. The lowest BCUT2D eigenvalue weighted by Crippen LogP contribution is -2.21. The molecular formula is C15H11Cl2N3O. The molecule has 2 aromatic rings. The monoisotopic (exact) mass is 319 g/mol. The van der Waals surface area contributed by atoms with Gasteiger partial charge in [-0.25, -0.2) is 0 Å². The molecule has 0 saturated heterocycles. The number of halogens is 2. The van der Waals surface area contributed by atoms with Crippen molar-refractivity contribution in [3.05, 3.63) is 58.1 Å². The summed E-state index contributed by atoms with van der Waals surface area (Å²) in [5.41, 5.74) is 1.73. The smallest absolute Gasteiger partial charge is 0.243 e. The summed E-state index contributed by atoms with van der Waals surface area (Å²) in [4.78, 5) is 11.8.